The lowest BCUT2D eigenvalue weighted by Crippen LogP contribution is -2.15. The zero-order chi connectivity index (χ0) is 9.80. The summed E-state index contributed by atoms with van der Waals surface area (Å²) >= 11 is 1.43. The molecule has 3 nitrogen and oxygen atoms in total. The van der Waals surface area contributed by atoms with Gasteiger partial charge in [-0.1, -0.05) is 30.6 Å². The molecule has 0 atom stereocenters. The van der Waals surface area contributed by atoms with Crippen molar-refractivity contribution in [1.29, 1.82) is 5.26 Å². The normalized spacial score (nSPS) is 15.9. The minimum Gasteiger partial charge on any atom is -0.361 e. The lowest BCUT2D eigenvalue weighted by molar-refractivity contribution is 0.303. The molecule has 0 aromatic carbocycles. The number of nitriles is 1. The standard InChI is InChI=1S/C10H13N3S/c11-6-9-7-13-10(14-9)12-5-4-8-2-1-3-8/h7-8H,1-5H2,(H,12,13). The van der Waals surface area contributed by atoms with E-state index in [9.17, 15) is 0 Å². The number of aromatic nitrogens is 1. The Balaban J connectivity index is 1.72. The van der Waals surface area contributed by atoms with Gasteiger partial charge in [-0.25, -0.2) is 4.98 Å². The molecule has 1 fully saturated rings. The average molecular weight is 207 g/mol. The fourth-order valence-corrected chi connectivity index (χ4v) is 2.21. The third-order valence-electron chi connectivity index (χ3n) is 2.67. The van der Waals surface area contributed by atoms with E-state index in [0.29, 0.717) is 4.88 Å². The van der Waals surface area contributed by atoms with Crippen molar-refractivity contribution in [1.82, 2.24) is 4.98 Å². The highest BCUT2D eigenvalue weighted by molar-refractivity contribution is 7.16. The van der Waals surface area contributed by atoms with Crippen molar-refractivity contribution in [2.45, 2.75) is 25.7 Å². The maximum Gasteiger partial charge on any atom is 0.183 e. The molecular weight excluding hydrogens is 194 g/mol. The van der Waals surface area contributed by atoms with Gasteiger partial charge >= 0.3 is 0 Å². The number of nitrogens with one attached hydrogen (secondary N) is 1. The number of thiazole rings is 1. The molecule has 1 aliphatic rings. The lowest BCUT2D eigenvalue weighted by atomic mass is 9.83. The summed E-state index contributed by atoms with van der Waals surface area (Å²) in [6, 6.07) is 2.08. The molecular formula is C10H13N3S. The molecule has 0 spiro atoms. The maximum absolute atomic E-state index is 8.60. The van der Waals surface area contributed by atoms with Gasteiger partial charge in [0.05, 0.1) is 6.20 Å². The van der Waals surface area contributed by atoms with Gasteiger partial charge in [-0.15, -0.1) is 0 Å². The largest absolute Gasteiger partial charge is 0.361 e. The van der Waals surface area contributed by atoms with Gasteiger partial charge in [0, 0.05) is 6.54 Å². The average Bonchev–Trinajstić information content (AvgIpc) is 2.57. The van der Waals surface area contributed by atoms with E-state index in [2.05, 4.69) is 16.4 Å². The predicted molar refractivity (Wildman–Crippen MR) is 57.3 cm³/mol. The monoisotopic (exact) mass is 207 g/mol. The predicted octanol–water partition coefficient (Wildman–Crippen LogP) is 2.62. The highest BCUT2D eigenvalue weighted by Crippen LogP contribution is 2.29. The van der Waals surface area contributed by atoms with Crippen LogP contribution in [0.4, 0.5) is 5.13 Å². The van der Waals surface area contributed by atoms with Gasteiger partial charge in [0.1, 0.15) is 10.9 Å². The van der Waals surface area contributed by atoms with Crippen LogP contribution in [0.3, 0.4) is 0 Å². The van der Waals surface area contributed by atoms with Gasteiger partial charge < -0.3 is 5.32 Å². The molecule has 1 heterocycles. The highest BCUT2D eigenvalue weighted by atomic mass is 32.1. The lowest BCUT2D eigenvalue weighted by Gasteiger charge is -2.24. The van der Waals surface area contributed by atoms with Crippen molar-refractivity contribution in [3.8, 4) is 6.07 Å². The third-order valence-corrected chi connectivity index (χ3v) is 3.53. The number of rotatable bonds is 4. The van der Waals surface area contributed by atoms with E-state index >= 15 is 0 Å². The molecule has 1 N–H and O–H groups in total. The summed E-state index contributed by atoms with van der Waals surface area (Å²) in [5, 5.41) is 12.7. The fourth-order valence-electron chi connectivity index (χ4n) is 1.57. The van der Waals surface area contributed by atoms with Crippen LogP contribution >= 0.6 is 11.3 Å². The van der Waals surface area contributed by atoms with Crippen LogP contribution in [0, 0.1) is 17.2 Å². The maximum atomic E-state index is 8.60. The fraction of sp³-hybridized carbons (Fsp3) is 0.600. The Morgan fingerprint density at radius 3 is 3.07 bits per heavy atom. The summed E-state index contributed by atoms with van der Waals surface area (Å²) in [4.78, 5) is 4.79. The first-order valence-corrected chi connectivity index (χ1v) is 5.80. The number of anilines is 1. The quantitative estimate of drug-likeness (QED) is 0.825. The summed E-state index contributed by atoms with van der Waals surface area (Å²) in [5.74, 6) is 0.929. The molecule has 0 radical (unpaired) electrons. The Morgan fingerprint density at radius 1 is 1.64 bits per heavy atom. The van der Waals surface area contributed by atoms with E-state index in [0.717, 1.165) is 17.6 Å². The molecule has 74 valence electrons. The summed E-state index contributed by atoms with van der Waals surface area (Å²) in [6.45, 7) is 0.989. The van der Waals surface area contributed by atoms with Crippen LogP contribution in [0.15, 0.2) is 6.20 Å². The molecule has 1 aromatic heterocycles. The van der Waals surface area contributed by atoms with Gasteiger partial charge in [0.2, 0.25) is 0 Å². The first-order valence-electron chi connectivity index (χ1n) is 4.98. The summed E-state index contributed by atoms with van der Waals surface area (Å²) < 4.78 is 0. The SMILES string of the molecule is N#Cc1cnc(NCCC2CCC2)s1. The van der Waals surface area contributed by atoms with Crippen molar-refractivity contribution in [3.05, 3.63) is 11.1 Å². The van der Waals surface area contributed by atoms with E-state index in [4.69, 9.17) is 5.26 Å². The van der Waals surface area contributed by atoms with E-state index < -0.39 is 0 Å². The zero-order valence-corrected chi connectivity index (χ0v) is 8.81. The number of nitrogens with zero attached hydrogens (tertiary/aromatic N) is 2. The smallest absolute Gasteiger partial charge is 0.183 e. The van der Waals surface area contributed by atoms with Crippen LogP contribution < -0.4 is 5.32 Å². The summed E-state index contributed by atoms with van der Waals surface area (Å²) in [7, 11) is 0. The number of hydrogen-bond acceptors (Lipinski definition) is 4. The van der Waals surface area contributed by atoms with Gasteiger partial charge in [-0.3, -0.25) is 0 Å². The summed E-state index contributed by atoms with van der Waals surface area (Å²) in [6.07, 6.45) is 7.05. The second kappa shape index (κ2) is 4.43. The van der Waals surface area contributed by atoms with Gasteiger partial charge in [0.25, 0.3) is 0 Å². The molecule has 0 unspecified atom stereocenters. The Bertz CT molecular complexity index is 335. The molecule has 1 aliphatic carbocycles. The van der Waals surface area contributed by atoms with E-state index in [-0.39, 0.29) is 0 Å². The molecule has 0 bridgehead atoms. The molecule has 0 saturated heterocycles. The molecule has 0 aliphatic heterocycles. The van der Waals surface area contributed by atoms with Crippen molar-refractivity contribution in [3.63, 3.8) is 0 Å². The Morgan fingerprint density at radius 2 is 2.50 bits per heavy atom. The molecule has 1 aromatic rings. The summed E-state index contributed by atoms with van der Waals surface area (Å²) in [5.41, 5.74) is 0. The topological polar surface area (TPSA) is 48.7 Å². The zero-order valence-electron chi connectivity index (χ0n) is 7.99. The molecule has 1 saturated carbocycles. The first-order chi connectivity index (χ1) is 6.88. The van der Waals surface area contributed by atoms with Crippen LogP contribution in [0.1, 0.15) is 30.6 Å². The van der Waals surface area contributed by atoms with Crippen LogP contribution in [0.25, 0.3) is 0 Å². The second-order valence-corrected chi connectivity index (χ2v) is 4.68. The first kappa shape index (κ1) is 9.47. The van der Waals surface area contributed by atoms with Crippen molar-refractivity contribution in [2.75, 3.05) is 11.9 Å². The minimum absolute atomic E-state index is 0.677. The minimum atomic E-state index is 0.677. The van der Waals surface area contributed by atoms with Crippen LogP contribution in [-0.4, -0.2) is 11.5 Å². The van der Waals surface area contributed by atoms with E-state index in [1.807, 2.05) is 0 Å². The molecule has 4 heteroatoms. The van der Waals surface area contributed by atoms with Crippen molar-refractivity contribution < 1.29 is 0 Å². The molecule has 14 heavy (non-hydrogen) atoms. The van der Waals surface area contributed by atoms with Crippen LogP contribution in [0.2, 0.25) is 0 Å². The Hall–Kier alpha value is -1.08. The van der Waals surface area contributed by atoms with E-state index in [1.54, 1.807) is 6.20 Å². The van der Waals surface area contributed by atoms with Gasteiger partial charge in [-0.05, 0) is 12.3 Å². The molecule has 0 amide bonds. The third kappa shape index (κ3) is 2.24. The van der Waals surface area contributed by atoms with Gasteiger partial charge in [-0.2, -0.15) is 5.26 Å². The second-order valence-electron chi connectivity index (χ2n) is 3.65. The Labute approximate surface area is 87.8 Å². The van der Waals surface area contributed by atoms with Gasteiger partial charge in [0.15, 0.2) is 5.13 Å². The van der Waals surface area contributed by atoms with Crippen LogP contribution in [-0.2, 0) is 0 Å². The Kier molecular flexibility index (Phi) is 3.00. The molecule has 2 rings (SSSR count). The van der Waals surface area contributed by atoms with E-state index in [1.165, 1.54) is 37.0 Å². The van der Waals surface area contributed by atoms with Crippen molar-refractivity contribution >= 4 is 16.5 Å². The van der Waals surface area contributed by atoms with Crippen LogP contribution in [0.5, 0.6) is 0 Å². The highest BCUT2D eigenvalue weighted by Gasteiger charge is 2.16. The number of hydrogen-bond donors (Lipinski definition) is 1. The van der Waals surface area contributed by atoms with Crippen molar-refractivity contribution in [2.24, 2.45) is 5.92 Å².